The number of hydrogen-bond acceptors (Lipinski definition) is 0. The van der Waals surface area contributed by atoms with Gasteiger partial charge in [0.2, 0.25) is 0 Å². The number of halogens is 4. The molecule has 0 N–H and O–H groups in total. The van der Waals surface area contributed by atoms with Crippen molar-refractivity contribution < 1.29 is 4.39 Å². The monoisotopic (exact) mass is 256 g/mol. The maximum Gasteiger partial charge on any atom is 0.143 e. The predicted molar refractivity (Wildman–Crippen MR) is 49.1 cm³/mol. The highest BCUT2D eigenvalue weighted by molar-refractivity contribution is 9.08. The van der Waals surface area contributed by atoms with Crippen LogP contribution in [0, 0.1) is 5.82 Å². The molecule has 1 aromatic carbocycles. The molecule has 0 unspecified atom stereocenters. The van der Waals surface area contributed by atoms with Gasteiger partial charge in [0.15, 0.2) is 0 Å². The molecular formula is C7H4BrCl2F. The van der Waals surface area contributed by atoms with Gasteiger partial charge in [-0.15, -0.1) is 0 Å². The van der Waals surface area contributed by atoms with Gasteiger partial charge in [-0.25, -0.2) is 4.39 Å². The Bertz CT molecular complexity index is 275. The largest absolute Gasteiger partial charge is 0.205 e. The van der Waals surface area contributed by atoms with Crippen molar-refractivity contribution in [2.45, 2.75) is 5.33 Å². The molecule has 0 saturated heterocycles. The van der Waals surface area contributed by atoms with E-state index >= 15 is 0 Å². The number of benzene rings is 1. The van der Waals surface area contributed by atoms with Crippen LogP contribution in [0.25, 0.3) is 0 Å². The maximum absolute atomic E-state index is 12.7. The average Bonchev–Trinajstić information content (AvgIpc) is 1.97. The Morgan fingerprint density at radius 3 is 2.45 bits per heavy atom. The summed E-state index contributed by atoms with van der Waals surface area (Å²) in [4.78, 5) is 0. The molecule has 0 bridgehead atoms. The molecule has 4 heteroatoms. The Kier molecular flexibility index (Phi) is 3.16. The molecule has 1 rings (SSSR count). The van der Waals surface area contributed by atoms with Crippen LogP contribution < -0.4 is 0 Å². The van der Waals surface area contributed by atoms with E-state index in [0.717, 1.165) is 5.56 Å². The van der Waals surface area contributed by atoms with E-state index in [4.69, 9.17) is 23.2 Å². The number of hydrogen-bond donors (Lipinski definition) is 0. The van der Waals surface area contributed by atoms with Crippen LogP contribution in [-0.4, -0.2) is 0 Å². The summed E-state index contributed by atoms with van der Waals surface area (Å²) in [6, 6.07) is 2.72. The molecular weight excluding hydrogens is 254 g/mol. The highest BCUT2D eigenvalue weighted by atomic mass is 79.9. The smallest absolute Gasteiger partial charge is 0.143 e. The van der Waals surface area contributed by atoms with Gasteiger partial charge in [0.25, 0.3) is 0 Å². The van der Waals surface area contributed by atoms with Gasteiger partial charge < -0.3 is 0 Å². The van der Waals surface area contributed by atoms with Gasteiger partial charge in [-0.05, 0) is 17.7 Å². The predicted octanol–water partition coefficient (Wildman–Crippen LogP) is 4.03. The van der Waals surface area contributed by atoms with E-state index in [1.807, 2.05) is 0 Å². The van der Waals surface area contributed by atoms with Crippen molar-refractivity contribution in [3.63, 3.8) is 0 Å². The summed E-state index contributed by atoms with van der Waals surface area (Å²) in [7, 11) is 0. The number of alkyl halides is 1. The zero-order chi connectivity index (χ0) is 8.43. The van der Waals surface area contributed by atoms with Crippen molar-refractivity contribution in [3.8, 4) is 0 Å². The third-order valence-electron chi connectivity index (χ3n) is 1.23. The minimum atomic E-state index is -0.485. The summed E-state index contributed by atoms with van der Waals surface area (Å²) < 4.78 is 12.7. The topological polar surface area (TPSA) is 0 Å². The standard InChI is InChI=1S/C7H4BrCl2F/c8-3-4-1-6(10)7(11)2-5(4)9/h1-2H,3H2. The fraction of sp³-hybridized carbons (Fsp3) is 0.143. The Hall–Kier alpha value is 0.210. The summed E-state index contributed by atoms with van der Waals surface area (Å²) >= 11 is 14.4. The first-order chi connectivity index (χ1) is 5.15. The second-order valence-electron chi connectivity index (χ2n) is 1.99. The van der Waals surface area contributed by atoms with Crippen molar-refractivity contribution in [1.82, 2.24) is 0 Å². The van der Waals surface area contributed by atoms with Gasteiger partial charge in [-0.2, -0.15) is 0 Å². The molecule has 0 atom stereocenters. The molecule has 0 spiro atoms. The second-order valence-corrected chi connectivity index (χ2v) is 3.37. The lowest BCUT2D eigenvalue weighted by atomic mass is 10.2. The number of rotatable bonds is 1. The van der Waals surface area contributed by atoms with Crippen LogP contribution in [-0.2, 0) is 5.33 Å². The maximum atomic E-state index is 12.7. The van der Waals surface area contributed by atoms with Crippen molar-refractivity contribution in [1.29, 1.82) is 0 Å². The lowest BCUT2D eigenvalue weighted by Crippen LogP contribution is -1.83. The average molecular weight is 258 g/mol. The fourth-order valence-corrected chi connectivity index (χ4v) is 1.69. The Balaban J connectivity index is 3.21. The summed E-state index contributed by atoms with van der Waals surface area (Å²) in [6.07, 6.45) is 0. The SMILES string of the molecule is Fc1cc(Cl)c(CBr)cc1Cl. The molecule has 0 nitrogen and oxygen atoms in total. The first-order valence-electron chi connectivity index (χ1n) is 2.84. The molecule has 0 saturated carbocycles. The van der Waals surface area contributed by atoms with Gasteiger partial charge >= 0.3 is 0 Å². The molecule has 0 aliphatic carbocycles. The molecule has 0 aliphatic rings. The molecule has 0 fully saturated rings. The quantitative estimate of drug-likeness (QED) is 0.527. The van der Waals surface area contributed by atoms with Gasteiger partial charge in [-0.1, -0.05) is 39.1 Å². The summed E-state index contributed by atoms with van der Waals surface area (Å²) in [6.45, 7) is 0. The van der Waals surface area contributed by atoms with E-state index in [-0.39, 0.29) is 5.02 Å². The zero-order valence-corrected chi connectivity index (χ0v) is 8.47. The Morgan fingerprint density at radius 2 is 1.91 bits per heavy atom. The molecule has 60 valence electrons. The third-order valence-corrected chi connectivity index (χ3v) is 2.48. The molecule has 0 radical (unpaired) electrons. The van der Waals surface area contributed by atoms with Crippen LogP contribution in [0.5, 0.6) is 0 Å². The van der Waals surface area contributed by atoms with Crippen molar-refractivity contribution in [2.75, 3.05) is 0 Å². The van der Waals surface area contributed by atoms with Crippen molar-refractivity contribution in [3.05, 3.63) is 33.6 Å². The van der Waals surface area contributed by atoms with Gasteiger partial charge in [0, 0.05) is 10.4 Å². The summed E-state index contributed by atoms with van der Waals surface area (Å²) in [5.74, 6) is -0.485. The van der Waals surface area contributed by atoms with Gasteiger partial charge in [0.1, 0.15) is 5.82 Å². The molecule has 0 amide bonds. The molecule has 0 aliphatic heterocycles. The Labute approximate surface area is 82.4 Å². The van der Waals surface area contributed by atoms with Crippen molar-refractivity contribution >= 4 is 39.1 Å². The second kappa shape index (κ2) is 3.74. The highest BCUT2D eigenvalue weighted by Gasteiger charge is 2.04. The van der Waals surface area contributed by atoms with Crippen LogP contribution in [0.3, 0.4) is 0 Å². The highest BCUT2D eigenvalue weighted by Crippen LogP contribution is 2.25. The minimum absolute atomic E-state index is 0.101. The van der Waals surface area contributed by atoms with E-state index in [9.17, 15) is 4.39 Å². The van der Waals surface area contributed by atoms with Crippen LogP contribution >= 0.6 is 39.1 Å². The van der Waals surface area contributed by atoms with Crippen LogP contribution in [0.1, 0.15) is 5.56 Å². The van der Waals surface area contributed by atoms with E-state index < -0.39 is 5.82 Å². The lowest BCUT2D eigenvalue weighted by molar-refractivity contribution is 0.628. The van der Waals surface area contributed by atoms with E-state index in [1.165, 1.54) is 12.1 Å². The lowest BCUT2D eigenvalue weighted by Gasteiger charge is -2.00. The first kappa shape index (κ1) is 9.30. The third kappa shape index (κ3) is 2.08. The van der Waals surface area contributed by atoms with E-state index in [0.29, 0.717) is 10.4 Å². The summed E-state index contributed by atoms with van der Waals surface area (Å²) in [5.41, 5.74) is 0.790. The fourth-order valence-electron chi connectivity index (χ4n) is 0.666. The zero-order valence-electron chi connectivity index (χ0n) is 5.37. The van der Waals surface area contributed by atoms with Gasteiger partial charge in [0.05, 0.1) is 5.02 Å². The summed E-state index contributed by atoms with van der Waals surface area (Å²) in [5, 5.41) is 1.07. The van der Waals surface area contributed by atoms with Gasteiger partial charge in [-0.3, -0.25) is 0 Å². The normalized spacial score (nSPS) is 10.2. The first-order valence-corrected chi connectivity index (χ1v) is 4.72. The minimum Gasteiger partial charge on any atom is -0.205 e. The van der Waals surface area contributed by atoms with Crippen LogP contribution in [0.4, 0.5) is 4.39 Å². The van der Waals surface area contributed by atoms with Crippen molar-refractivity contribution in [2.24, 2.45) is 0 Å². The van der Waals surface area contributed by atoms with Crippen LogP contribution in [0.2, 0.25) is 10.0 Å². The Morgan fingerprint density at radius 1 is 1.27 bits per heavy atom. The van der Waals surface area contributed by atoms with E-state index in [2.05, 4.69) is 15.9 Å². The van der Waals surface area contributed by atoms with E-state index in [1.54, 1.807) is 0 Å². The van der Waals surface area contributed by atoms with Crippen LogP contribution in [0.15, 0.2) is 12.1 Å². The molecule has 0 aromatic heterocycles. The molecule has 0 heterocycles. The molecule has 11 heavy (non-hydrogen) atoms. The molecule has 1 aromatic rings.